The van der Waals surface area contributed by atoms with Crippen LogP contribution in [0, 0.1) is 0 Å². The van der Waals surface area contributed by atoms with Crippen LogP contribution in [0.15, 0.2) is 18.2 Å². The minimum absolute atomic E-state index is 0.114. The first-order valence-corrected chi connectivity index (χ1v) is 18.2. The molecule has 5 nitrogen and oxygen atoms in total. The number of hydrogen-bond acceptors (Lipinski definition) is 3. The minimum atomic E-state index is -1.68. The van der Waals surface area contributed by atoms with Crippen LogP contribution >= 0.6 is 11.6 Å². The smallest absolute Gasteiger partial charge is 0.408 e. The lowest BCUT2D eigenvalue weighted by atomic mass is 9.82. The third kappa shape index (κ3) is 4.94. The van der Waals surface area contributed by atoms with Crippen molar-refractivity contribution in [2.24, 2.45) is 0 Å². The second kappa shape index (κ2) is 9.04. The molecule has 8 heteroatoms. The monoisotopic (exact) mass is 468 g/mol. The van der Waals surface area contributed by atoms with Gasteiger partial charge in [0.25, 0.3) is 0 Å². The maximum Gasteiger partial charge on any atom is 0.408 e. The molecule has 0 aliphatic carbocycles. The highest BCUT2D eigenvalue weighted by atomic mass is 35.5. The van der Waals surface area contributed by atoms with Gasteiger partial charge in [0.05, 0.1) is 5.02 Å². The summed E-state index contributed by atoms with van der Waals surface area (Å²) in [5, 5.41) is 10.3. The van der Waals surface area contributed by atoms with Gasteiger partial charge in [0.1, 0.15) is 22.0 Å². The van der Waals surface area contributed by atoms with Crippen LogP contribution in [0.3, 0.4) is 0 Å². The van der Waals surface area contributed by atoms with E-state index in [1.807, 2.05) is 12.1 Å². The van der Waals surface area contributed by atoms with Gasteiger partial charge in [0.15, 0.2) is 5.78 Å². The Kier molecular flexibility index (Phi) is 7.52. The summed E-state index contributed by atoms with van der Waals surface area (Å²) in [7, 11) is -3.37. The average molecular weight is 469 g/mol. The van der Waals surface area contributed by atoms with E-state index in [0.29, 0.717) is 36.4 Å². The van der Waals surface area contributed by atoms with E-state index in [1.165, 1.54) is 4.90 Å². The van der Waals surface area contributed by atoms with Gasteiger partial charge >= 0.3 is 6.09 Å². The molecule has 168 valence electrons. The molecule has 1 heterocycles. The standard InChI is InChI=1S/C22H37ClN2O3Si2/c1-8-9-13-22(14-10-15-24(22)21(27)28)20(26)17-11-12-19(18(23)16-17)25(29(2,3)4)30(5,6)7/h11-12,16H,8-10,13-15H2,1-7H3,(H,27,28). The number of benzene rings is 1. The summed E-state index contributed by atoms with van der Waals surface area (Å²) in [5.74, 6) is -0.114. The van der Waals surface area contributed by atoms with E-state index in [2.05, 4.69) is 50.4 Å². The molecule has 0 saturated carbocycles. The van der Waals surface area contributed by atoms with Crippen molar-refractivity contribution in [3.63, 3.8) is 0 Å². The molecule has 1 aliphatic rings. The molecule has 30 heavy (non-hydrogen) atoms. The highest BCUT2D eigenvalue weighted by molar-refractivity contribution is 6.99. The first-order valence-electron chi connectivity index (χ1n) is 10.9. The van der Waals surface area contributed by atoms with E-state index in [-0.39, 0.29) is 5.78 Å². The predicted molar refractivity (Wildman–Crippen MR) is 131 cm³/mol. The summed E-state index contributed by atoms with van der Waals surface area (Å²) in [6.07, 6.45) is 2.58. The maximum absolute atomic E-state index is 13.7. The van der Waals surface area contributed by atoms with Gasteiger partial charge in [-0.1, -0.05) is 70.6 Å². The fraction of sp³-hybridized carbons (Fsp3) is 0.636. The molecule has 0 spiro atoms. The summed E-state index contributed by atoms with van der Waals surface area (Å²) in [6.45, 7) is 16.3. The van der Waals surface area contributed by atoms with Crippen molar-refractivity contribution in [2.75, 3.05) is 10.8 Å². The molecule has 1 aromatic rings. The molecule has 0 aromatic heterocycles. The number of carbonyl (C=O) groups is 2. The third-order valence-electron chi connectivity index (χ3n) is 5.88. The molecule has 1 N–H and O–H groups in total. The number of carboxylic acid groups (broad SMARTS) is 1. The molecule has 1 fully saturated rings. The van der Waals surface area contributed by atoms with Crippen LogP contribution in [-0.4, -0.2) is 50.4 Å². The van der Waals surface area contributed by atoms with Crippen LogP contribution in [-0.2, 0) is 0 Å². The van der Waals surface area contributed by atoms with Crippen molar-refractivity contribution in [3.05, 3.63) is 28.8 Å². The Morgan fingerprint density at radius 1 is 1.17 bits per heavy atom. The van der Waals surface area contributed by atoms with E-state index in [1.54, 1.807) is 6.07 Å². The van der Waals surface area contributed by atoms with Gasteiger partial charge in [-0.15, -0.1) is 0 Å². The Hall–Kier alpha value is -1.32. The molecule has 1 saturated heterocycles. The van der Waals surface area contributed by atoms with Gasteiger partial charge in [0, 0.05) is 17.8 Å². The summed E-state index contributed by atoms with van der Waals surface area (Å²) in [4.78, 5) is 26.9. The molecule has 1 unspecified atom stereocenters. The molecule has 1 atom stereocenters. The SMILES string of the molecule is CCCCC1(C(=O)c2ccc(N([Si](C)(C)C)[Si](C)(C)C)c(Cl)c2)CCCN1C(=O)O. The van der Waals surface area contributed by atoms with Crippen LogP contribution in [0.1, 0.15) is 49.4 Å². The van der Waals surface area contributed by atoms with Gasteiger partial charge < -0.3 is 9.34 Å². The lowest BCUT2D eigenvalue weighted by Crippen LogP contribution is -2.59. The number of Topliss-reactive ketones (excluding diaryl/α,β-unsaturated/α-hetero) is 1. The van der Waals surface area contributed by atoms with Crippen molar-refractivity contribution in [3.8, 4) is 0 Å². The zero-order chi connectivity index (χ0) is 22.9. The molecule has 1 amide bonds. The average Bonchev–Trinajstić information content (AvgIpc) is 3.04. The maximum atomic E-state index is 13.7. The highest BCUT2D eigenvalue weighted by Crippen LogP contribution is 2.40. The third-order valence-corrected chi connectivity index (χ3v) is 13.4. The summed E-state index contributed by atoms with van der Waals surface area (Å²) >= 11 is 6.76. The molecular formula is C22H37ClN2O3Si2. The molecular weight excluding hydrogens is 432 g/mol. The van der Waals surface area contributed by atoms with Crippen LogP contribution in [0.2, 0.25) is 44.3 Å². The largest absolute Gasteiger partial charge is 0.465 e. The normalized spacial score (nSPS) is 19.8. The number of unbranched alkanes of at least 4 members (excludes halogenated alkanes) is 1. The van der Waals surface area contributed by atoms with Crippen molar-refractivity contribution in [1.29, 1.82) is 0 Å². The summed E-state index contributed by atoms with van der Waals surface area (Å²) < 4.78 is 2.53. The first-order chi connectivity index (χ1) is 13.8. The van der Waals surface area contributed by atoms with Gasteiger partial charge in [-0.25, -0.2) is 4.79 Å². The Labute approximate surface area is 188 Å². The molecule has 1 aromatic carbocycles. The van der Waals surface area contributed by atoms with Crippen LogP contribution in [0.25, 0.3) is 0 Å². The second-order valence-corrected chi connectivity index (χ2v) is 20.8. The number of nitrogens with zero attached hydrogens (tertiary/aromatic N) is 2. The van der Waals surface area contributed by atoms with Crippen molar-refractivity contribution in [2.45, 2.75) is 83.8 Å². The molecule has 1 aliphatic heterocycles. The van der Waals surface area contributed by atoms with Crippen molar-refractivity contribution in [1.82, 2.24) is 4.90 Å². The number of rotatable bonds is 8. The van der Waals surface area contributed by atoms with Gasteiger partial charge in [-0.2, -0.15) is 0 Å². The van der Waals surface area contributed by atoms with Gasteiger partial charge in [-0.3, -0.25) is 9.69 Å². The second-order valence-electron chi connectivity index (χ2n) is 10.3. The van der Waals surface area contributed by atoms with Gasteiger partial charge in [-0.05, 0) is 37.5 Å². The van der Waals surface area contributed by atoms with Crippen molar-refractivity contribution >= 4 is 45.6 Å². The quantitative estimate of drug-likeness (QED) is 0.340. The zero-order valence-corrected chi connectivity index (χ0v) is 22.3. The molecule has 2 rings (SSSR count). The number of halogens is 1. The van der Waals surface area contributed by atoms with E-state index in [4.69, 9.17) is 11.6 Å². The van der Waals surface area contributed by atoms with Gasteiger partial charge in [0.2, 0.25) is 0 Å². The number of carbonyl (C=O) groups excluding carboxylic acids is 1. The van der Waals surface area contributed by atoms with E-state index in [0.717, 1.165) is 18.5 Å². The lowest BCUT2D eigenvalue weighted by Gasteiger charge is -2.46. The minimum Gasteiger partial charge on any atom is -0.465 e. The fourth-order valence-electron chi connectivity index (χ4n) is 5.06. The number of ketones is 1. The van der Waals surface area contributed by atoms with E-state index >= 15 is 0 Å². The summed E-state index contributed by atoms with van der Waals surface area (Å²) in [6, 6.07) is 5.58. The van der Waals surface area contributed by atoms with Crippen molar-refractivity contribution < 1.29 is 14.7 Å². The van der Waals surface area contributed by atoms with Crippen LogP contribution in [0.5, 0.6) is 0 Å². The van der Waals surface area contributed by atoms with E-state index < -0.39 is 28.1 Å². The van der Waals surface area contributed by atoms with Crippen LogP contribution in [0.4, 0.5) is 10.5 Å². The Morgan fingerprint density at radius 3 is 2.23 bits per heavy atom. The Morgan fingerprint density at radius 2 is 1.77 bits per heavy atom. The number of anilines is 1. The number of likely N-dealkylation sites (tertiary alicyclic amines) is 1. The van der Waals surface area contributed by atoms with Crippen LogP contribution < -0.4 is 4.23 Å². The highest BCUT2D eigenvalue weighted by Gasteiger charge is 2.49. The molecule has 0 bridgehead atoms. The number of hydrogen-bond donors (Lipinski definition) is 1. The molecule has 0 radical (unpaired) electrons. The zero-order valence-electron chi connectivity index (χ0n) is 19.5. The topological polar surface area (TPSA) is 60.9 Å². The predicted octanol–water partition coefficient (Wildman–Crippen LogP) is 6.70. The first kappa shape index (κ1) is 24.9. The fourth-order valence-corrected chi connectivity index (χ4v) is 15.4. The Bertz CT molecular complexity index is 791. The summed E-state index contributed by atoms with van der Waals surface area (Å²) in [5.41, 5.74) is 0.541. The lowest BCUT2D eigenvalue weighted by molar-refractivity contribution is 0.0612. The number of amides is 1. The Balaban J connectivity index is 2.50. The van der Waals surface area contributed by atoms with E-state index in [9.17, 15) is 14.7 Å².